The predicted octanol–water partition coefficient (Wildman–Crippen LogP) is 7.94. The molecule has 0 atom stereocenters. The standard InChI is InChI=1S/C39H33N3O4S/c1-4-46-38(45)29-17-21-31(22-18-29)41-34(27-11-7-5-8-12-27)24-30(35(41)28-13-9-6-10-14-28)23-33-36(43)40-39(47)42(37(33)44)32-19-15-26(16-20-32)25(2)3/h5-25H,4H2,1-3H3,(H,40,43,47)/b33-23-. The monoisotopic (exact) mass is 639 g/mol. The number of anilines is 1. The van der Waals surface area contributed by atoms with Crippen LogP contribution in [0.15, 0.2) is 121 Å². The lowest BCUT2D eigenvalue weighted by atomic mass is 10.0. The van der Waals surface area contributed by atoms with E-state index in [4.69, 9.17) is 17.0 Å². The second-order valence-corrected chi connectivity index (χ2v) is 11.8. The van der Waals surface area contributed by atoms with E-state index in [0.29, 0.717) is 22.7 Å². The largest absolute Gasteiger partial charge is 0.462 e. The zero-order chi connectivity index (χ0) is 33.1. The maximum absolute atomic E-state index is 14.1. The Hall–Kier alpha value is -5.60. The van der Waals surface area contributed by atoms with Crippen molar-refractivity contribution in [3.8, 4) is 28.2 Å². The van der Waals surface area contributed by atoms with Crippen LogP contribution < -0.4 is 10.2 Å². The first-order valence-electron chi connectivity index (χ1n) is 15.4. The van der Waals surface area contributed by atoms with Gasteiger partial charge in [0.15, 0.2) is 5.11 Å². The molecule has 1 saturated heterocycles. The number of nitrogens with zero attached hydrogens (tertiary/aromatic N) is 2. The van der Waals surface area contributed by atoms with E-state index < -0.39 is 17.8 Å². The second kappa shape index (κ2) is 13.4. The molecular formula is C39H33N3O4S. The Bertz CT molecular complexity index is 2000. The van der Waals surface area contributed by atoms with E-state index in [2.05, 4.69) is 23.7 Å². The highest BCUT2D eigenvalue weighted by Gasteiger charge is 2.35. The Labute approximate surface area is 279 Å². The van der Waals surface area contributed by atoms with Gasteiger partial charge in [0.2, 0.25) is 0 Å². The van der Waals surface area contributed by atoms with E-state index in [1.165, 1.54) is 4.90 Å². The topological polar surface area (TPSA) is 80.6 Å². The molecule has 0 saturated carbocycles. The summed E-state index contributed by atoms with van der Waals surface area (Å²) >= 11 is 5.47. The van der Waals surface area contributed by atoms with Gasteiger partial charge in [0.1, 0.15) is 5.57 Å². The predicted molar refractivity (Wildman–Crippen MR) is 189 cm³/mol. The van der Waals surface area contributed by atoms with Crippen molar-refractivity contribution in [2.45, 2.75) is 26.7 Å². The summed E-state index contributed by atoms with van der Waals surface area (Å²) < 4.78 is 7.27. The molecule has 6 rings (SSSR count). The van der Waals surface area contributed by atoms with Crippen LogP contribution in [0.3, 0.4) is 0 Å². The fourth-order valence-electron chi connectivity index (χ4n) is 5.64. The lowest BCUT2D eigenvalue weighted by Crippen LogP contribution is -2.54. The second-order valence-electron chi connectivity index (χ2n) is 11.4. The third-order valence-electron chi connectivity index (χ3n) is 8.00. The minimum atomic E-state index is -0.568. The number of aromatic nitrogens is 1. The summed E-state index contributed by atoms with van der Waals surface area (Å²) in [6, 6.07) is 36.4. The third-order valence-corrected chi connectivity index (χ3v) is 8.29. The molecule has 2 heterocycles. The Morgan fingerprint density at radius 2 is 1.43 bits per heavy atom. The van der Waals surface area contributed by atoms with E-state index >= 15 is 0 Å². The van der Waals surface area contributed by atoms with Crippen LogP contribution in [-0.2, 0) is 14.3 Å². The highest BCUT2D eigenvalue weighted by atomic mass is 32.1. The van der Waals surface area contributed by atoms with Gasteiger partial charge in [0.05, 0.1) is 29.2 Å². The molecule has 0 bridgehead atoms. The van der Waals surface area contributed by atoms with Gasteiger partial charge in [-0.2, -0.15) is 0 Å². The number of carbonyl (C=O) groups is 3. The SMILES string of the molecule is CCOC(=O)c1ccc(-n2c(-c3ccccc3)cc(/C=C3/C(=O)NC(=S)N(c4ccc(C(C)C)cc4)C3=O)c2-c2ccccc2)cc1. The molecule has 1 N–H and O–H groups in total. The first-order chi connectivity index (χ1) is 22.8. The van der Waals surface area contributed by atoms with Crippen LogP contribution in [0.1, 0.15) is 48.2 Å². The Balaban J connectivity index is 1.54. The first kappa shape index (κ1) is 31.4. The molecule has 8 heteroatoms. The van der Waals surface area contributed by atoms with E-state index in [-0.39, 0.29) is 17.3 Å². The smallest absolute Gasteiger partial charge is 0.338 e. The van der Waals surface area contributed by atoms with Crippen molar-refractivity contribution in [3.63, 3.8) is 0 Å². The third kappa shape index (κ3) is 6.28. The molecule has 4 aromatic carbocycles. The summed E-state index contributed by atoms with van der Waals surface area (Å²) in [6.45, 7) is 6.25. The molecule has 2 amide bonds. The van der Waals surface area contributed by atoms with Crippen molar-refractivity contribution in [1.29, 1.82) is 0 Å². The molecule has 0 aliphatic carbocycles. The van der Waals surface area contributed by atoms with Crippen molar-refractivity contribution in [1.82, 2.24) is 9.88 Å². The van der Waals surface area contributed by atoms with Crippen LogP contribution in [0.5, 0.6) is 0 Å². The van der Waals surface area contributed by atoms with Gasteiger partial charge in [-0.1, -0.05) is 86.6 Å². The van der Waals surface area contributed by atoms with Crippen molar-refractivity contribution in [3.05, 3.63) is 138 Å². The van der Waals surface area contributed by atoms with Gasteiger partial charge in [0, 0.05) is 11.3 Å². The van der Waals surface area contributed by atoms with Gasteiger partial charge >= 0.3 is 5.97 Å². The molecular weight excluding hydrogens is 607 g/mol. The zero-order valence-corrected chi connectivity index (χ0v) is 27.1. The highest BCUT2D eigenvalue weighted by Crippen LogP contribution is 2.38. The van der Waals surface area contributed by atoms with Crippen LogP contribution in [-0.4, -0.2) is 34.1 Å². The molecule has 0 spiro atoms. The summed E-state index contributed by atoms with van der Waals surface area (Å²) in [4.78, 5) is 41.3. The maximum atomic E-state index is 14.1. The van der Waals surface area contributed by atoms with Crippen molar-refractivity contribution >= 4 is 46.9 Å². The van der Waals surface area contributed by atoms with Gasteiger partial charge in [-0.3, -0.25) is 19.8 Å². The summed E-state index contributed by atoms with van der Waals surface area (Å²) in [5.74, 6) is -1.15. The maximum Gasteiger partial charge on any atom is 0.338 e. The summed E-state index contributed by atoms with van der Waals surface area (Å²) in [5.41, 5.74) is 6.94. The Morgan fingerprint density at radius 1 is 0.830 bits per heavy atom. The van der Waals surface area contributed by atoms with Crippen LogP contribution >= 0.6 is 12.2 Å². The van der Waals surface area contributed by atoms with Crippen LogP contribution in [0, 0.1) is 0 Å². The fourth-order valence-corrected chi connectivity index (χ4v) is 5.92. The van der Waals surface area contributed by atoms with Gasteiger partial charge < -0.3 is 9.30 Å². The zero-order valence-electron chi connectivity index (χ0n) is 26.3. The van der Waals surface area contributed by atoms with E-state index in [1.807, 2.05) is 103 Å². The number of esters is 1. The minimum Gasteiger partial charge on any atom is -0.462 e. The highest BCUT2D eigenvalue weighted by molar-refractivity contribution is 7.80. The average molecular weight is 640 g/mol. The Morgan fingerprint density at radius 3 is 2.02 bits per heavy atom. The van der Waals surface area contributed by atoms with Gasteiger partial charge in [0.25, 0.3) is 11.8 Å². The quantitative estimate of drug-likeness (QED) is 0.0807. The van der Waals surface area contributed by atoms with E-state index in [0.717, 1.165) is 33.8 Å². The summed E-state index contributed by atoms with van der Waals surface area (Å²) in [5, 5.41) is 2.75. The normalized spacial score (nSPS) is 14.1. The molecule has 1 fully saturated rings. The van der Waals surface area contributed by atoms with Crippen LogP contribution in [0.4, 0.5) is 5.69 Å². The number of amides is 2. The molecule has 1 aromatic heterocycles. The average Bonchev–Trinajstić information content (AvgIpc) is 3.47. The van der Waals surface area contributed by atoms with E-state index in [9.17, 15) is 14.4 Å². The van der Waals surface area contributed by atoms with Crippen LogP contribution in [0.2, 0.25) is 0 Å². The number of hydrogen-bond donors (Lipinski definition) is 1. The molecule has 47 heavy (non-hydrogen) atoms. The van der Waals surface area contributed by atoms with E-state index in [1.54, 1.807) is 25.1 Å². The van der Waals surface area contributed by atoms with Crippen molar-refractivity contribution in [2.24, 2.45) is 0 Å². The Kier molecular flexibility index (Phi) is 8.95. The summed E-state index contributed by atoms with van der Waals surface area (Å²) in [7, 11) is 0. The van der Waals surface area contributed by atoms with Gasteiger partial charge in [-0.15, -0.1) is 0 Å². The number of rotatable bonds is 8. The molecule has 234 valence electrons. The van der Waals surface area contributed by atoms with Gasteiger partial charge in [-0.05, 0) is 90.3 Å². The number of ether oxygens (including phenoxy) is 1. The molecule has 1 aliphatic heterocycles. The molecule has 7 nitrogen and oxygen atoms in total. The van der Waals surface area contributed by atoms with Gasteiger partial charge in [-0.25, -0.2) is 4.79 Å². The summed E-state index contributed by atoms with van der Waals surface area (Å²) in [6.07, 6.45) is 1.63. The molecule has 5 aromatic rings. The minimum absolute atomic E-state index is 0.0296. The first-order valence-corrected chi connectivity index (χ1v) is 15.8. The van der Waals surface area contributed by atoms with Crippen LogP contribution in [0.25, 0.3) is 34.3 Å². The lowest BCUT2D eigenvalue weighted by Gasteiger charge is -2.29. The number of thiocarbonyl (C=S) groups is 1. The van der Waals surface area contributed by atoms with Crippen molar-refractivity contribution < 1.29 is 19.1 Å². The molecule has 1 aliphatic rings. The number of carbonyl (C=O) groups excluding carboxylic acids is 3. The number of nitrogens with one attached hydrogen (secondary N) is 1. The lowest BCUT2D eigenvalue weighted by molar-refractivity contribution is -0.122. The molecule has 0 unspecified atom stereocenters. The number of benzene rings is 4. The van der Waals surface area contributed by atoms with Crippen molar-refractivity contribution in [2.75, 3.05) is 11.5 Å². The number of hydrogen-bond acceptors (Lipinski definition) is 5. The molecule has 0 radical (unpaired) electrons. The fraction of sp³-hybridized carbons (Fsp3) is 0.128.